The first-order valence-corrected chi connectivity index (χ1v) is 7.37. The van der Waals surface area contributed by atoms with Gasteiger partial charge in [-0.3, -0.25) is 4.90 Å². The van der Waals surface area contributed by atoms with Crippen LogP contribution in [0.1, 0.15) is 32.8 Å². The van der Waals surface area contributed by atoms with Gasteiger partial charge in [0.05, 0.1) is 5.56 Å². The fraction of sp³-hybridized carbons (Fsp3) is 0.625. The van der Waals surface area contributed by atoms with Crippen LogP contribution in [0.25, 0.3) is 0 Å². The summed E-state index contributed by atoms with van der Waals surface area (Å²) >= 11 is 0. The van der Waals surface area contributed by atoms with E-state index in [1.807, 2.05) is 0 Å². The van der Waals surface area contributed by atoms with Crippen molar-refractivity contribution >= 4 is 5.69 Å². The summed E-state index contributed by atoms with van der Waals surface area (Å²) in [5.41, 5.74) is 0.264. The Morgan fingerprint density at radius 2 is 1.76 bits per heavy atom. The highest BCUT2D eigenvalue weighted by molar-refractivity contribution is 5.52. The smallest absolute Gasteiger partial charge is 0.366 e. The molecule has 2 nitrogen and oxygen atoms in total. The summed E-state index contributed by atoms with van der Waals surface area (Å²) in [5.74, 6) is 0. The van der Waals surface area contributed by atoms with E-state index in [0.29, 0.717) is 17.8 Å². The van der Waals surface area contributed by atoms with Gasteiger partial charge < -0.3 is 4.90 Å². The second-order valence-electron chi connectivity index (χ2n) is 7.07. The normalized spacial score (nSPS) is 26.7. The fourth-order valence-corrected chi connectivity index (χ4v) is 3.67. The lowest BCUT2D eigenvalue weighted by atomic mass is 10.0. The van der Waals surface area contributed by atoms with E-state index < -0.39 is 11.7 Å². The molecule has 2 fully saturated rings. The number of piperazine rings is 1. The minimum absolute atomic E-state index is 0.124. The number of fused-ring (bicyclic) bond motifs is 2. The number of hydrogen-bond acceptors (Lipinski definition) is 2. The molecule has 2 heterocycles. The van der Waals surface area contributed by atoms with Crippen molar-refractivity contribution in [2.75, 3.05) is 18.0 Å². The SMILES string of the molecule is CC(C)(C)N1C[C@H]2C[C@@H]1CN2c1cccc(C(F)(F)F)c1. The Balaban J connectivity index is 1.80. The van der Waals surface area contributed by atoms with Crippen molar-refractivity contribution in [2.45, 2.75) is 51.0 Å². The van der Waals surface area contributed by atoms with Crippen molar-refractivity contribution in [1.29, 1.82) is 0 Å². The fourth-order valence-electron chi connectivity index (χ4n) is 3.67. The molecule has 2 bridgehead atoms. The average Bonchev–Trinajstić information content (AvgIpc) is 2.96. The van der Waals surface area contributed by atoms with Gasteiger partial charge in [0, 0.05) is 36.4 Å². The van der Waals surface area contributed by atoms with Gasteiger partial charge in [0.2, 0.25) is 0 Å². The minimum atomic E-state index is -4.27. The Kier molecular flexibility index (Phi) is 3.24. The van der Waals surface area contributed by atoms with Gasteiger partial charge in [0.25, 0.3) is 0 Å². The van der Waals surface area contributed by atoms with Crippen molar-refractivity contribution in [3.05, 3.63) is 29.8 Å². The van der Waals surface area contributed by atoms with Crippen molar-refractivity contribution in [2.24, 2.45) is 0 Å². The lowest BCUT2D eigenvalue weighted by Crippen LogP contribution is -2.53. The second-order valence-corrected chi connectivity index (χ2v) is 7.07. The molecule has 5 heteroatoms. The first-order valence-electron chi connectivity index (χ1n) is 7.37. The van der Waals surface area contributed by atoms with E-state index in [2.05, 4.69) is 30.6 Å². The van der Waals surface area contributed by atoms with E-state index in [1.165, 1.54) is 12.1 Å². The number of likely N-dealkylation sites (tertiary alicyclic amines) is 1. The van der Waals surface area contributed by atoms with E-state index in [1.54, 1.807) is 6.07 Å². The molecule has 2 saturated heterocycles. The molecule has 0 aliphatic carbocycles. The highest BCUT2D eigenvalue weighted by Gasteiger charge is 2.47. The van der Waals surface area contributed by atoms with Crippen LogP contribution in [0.5, 0.6) is 0 Å². The zero-order valence-electron chi connectivity index (χ0n) is 12.6. The molecule has 0 N–H and O–H groups in total. The van der Waals surface area contributed by atoms with Crippen LogP contribution in [0.15, 0.2) is 24.3 Å². The standard InChI is InChI=1S/C16H21F3N2/c1-15(2,3)21-10-13-8-14(21)9-20(13)12-6-4-5-11(7-12)16(17,18)19/h4-7,13-14H,8-10H2,1-3H3/t13-,14-/m1/s1. The van der Waals surface area contributed by atoms with E-state index in [0.717, 1.165) is 25.6 Å². The molecule has 0 saturated carbocycles. The minimum Gasteiger partial charge on any atom is -0.366 e. The molecule has 0 spiro atoms. The third kappa shape index (κ3) is 2.63. The Labute approximate surface area is 123 Å². The maximum absolute atomic E-state index is 12.8. The molecule has 1 aromatic carbocycles. The predicted octanol–water partition coefficient (Wildman–Crippen LogP) is 3.77. The van der Waals surface area contributed by atoms with Gasteiger partial charge >= 0.3 is 6.18 Å². The topological polar surface area (TPSA) is 6.48 Å². The van der Waals surface area contributed by atoms with Crippen molar-refractivity contribution in [3.63, 3.8) is 0 Å². The van der Waals surface area contributed by atoms with E-state index >= 15 is 0 Å². The number of rotatable bonds is 1. The predicted molar refractivity (Wildman–Crippen MR) is 77.4 cm³/mol. The molecule has 2 aliphatic rings. The highest BCUT2D eigenvalue weighted by atomic mass is 19.4. The first-order chi connectivity index (χ1) is 9.66. The summed E-state index contributed by atoms with van der Waals surface area (Å²) in [7, 11) is 0. The third-order valence-corrected chi connectivity index (χ3v) is 4.61. The van der Waals surface area contributed by atoms with E-state index in [9.17, 15) is 13.2 Å². The van der Waals surface area contributed by atoms with Gasteiger partial charge in [-0.1, -0.05) is 6.07 Å². The largest absolute Gasteiger partial charge is 0.416 e. The molecule has 3 rings (SSSR count). The number of anilines is 1. The average molecular weight is 298 g/mol. The van der Waals surface area contributed by atoms with Crippen LogP contribution in [0, 0.1) is 0 Å². The summed E-state index contributed by atoms with van der Waals surface area (Å²) in [6.07, 6.45) is -3.22. The molecule has 2 aliphatic heterocycles. The number of halogens is 3. The summed E-state index contributed by atoms with van der Waals surface area (Å²) in [5, 5.41) is 0. The zero-order chi connectivity index (χ0) is 15.4. The quantitative estimate of drug-likeness (QED) is 0.779. The summed E-state index contributed by atoms with van der Waals surface area (Å²) in [4.78, 5) is 4.62. The van der Waals surface area contributed by atoms with Crippen LogP contribution < -0.4 is 4.90 Å². The van der Waals surface area contributed by atoms with Gasteiger partial charge in [-0.05, 0) is 45.4 Å². The maximum atomic E-state index is 12.8. The Bertz CT molecular complexity index is 533. The first kappa shape index (κ1) is 14.7. The molecule has 116 valence electrons. The van der Waals surface area contributed by atoms with Crippen LogP contribution >= 0.6 is 0 Å². The Morgan fingerprint density at radius 3 is 2.29 bits per heavy atom. The van der Waals surface area contributed by atoms with Crippen molar-refractivity contribution in [1.82, 2.24) is 4.90 Å². The van der Waals surface area contributed by atoms with Gasteiger partial charge in [-0.15, -0.1) is 0 Å². The summed E-state index contributed by atoms with van der Waals surface area (Å²) in [6, 6.07) is 6.49. The summed E-state index contributed by atoms with van der Waals surface area (Å²) < 4.78 is 38.5. The van der Waals surface area contributed by atoms with Crippen LogP contribution in [0.4, 0.5) is 18.9 Å². The van der Waals surface area contributed by atoms with Crippen LogP contribution in [0.2, 0.25) is 0 Å². The number of hydrogen-bond donors (Lipinski definition) is 0. The maximum Gasteiger partial charge on any atom is 0.416 e. The third-order valence-electron chi connectivity index (χ3n) is 4.61. The molecule has 2 atom stereocenters. The van der Waals surface area contributed by atoms with Gasteiger partial charge in [-0.2, -0.15) is 13.2 Å². The van der Waals surface area contributed by atoms with Crippen LogP contribution in [0.3, 0.4) is 0 Å². The van der Waals surface area contributed by atoms with Gasteiger partial charge in [0.1, 0.15) is 0 Å². The highest BCUT2D eigenvalue weighted by Crippen LogP contribution is 2.39. The number of nitrogens with zero attached hydrogens (tertiary/aromatic N) is 2. The molecule has 0 unspecified atom stereocenters. The lowest BCUT2D eigenvalue weighted by molar-refractivity contribution is -0.137. The van der Waals surface area contributed by atoms with E-state index in [4.69, 9.17) is 0 Å². The second kappa shape index (κ2) is 4.63. The molecule has 21 heavy (non-hydrogen) atoms. The van der Waals surface area contributed by atoms with Crippen LogP contribution in [-0.4, -0.2) is 35.6 Å². The van der Waals surface area contributed by atoms with Crippen LogP contribution in [-0.2, 0) is 6.18 Å². The summed E-state index contributed by atoms with van der Waals surface area (Å²) in [6.45, 7) is 8.35. The Hall–Kier alpha value is -1.23. The Morgan fingerprint density at radius 1 is 1.05 bits per heavy atom. The van der Waals surface area contributed by atoms with Gasteiger partial charge in [0.15, 0.2) is 0 Å². The van der Waals surface area contributed by atoms with Gasteiger partial charge in [-0.25, -0.2) is 0 Å². The monoisotopic (exact) mass is 298 g/mol. The molecule has 1 aromatic rings. The van der Waals surface area contributed by atoms with Crippen molar-refractivity contribution < 1.29 is 13.2 Å². The molecular weight excluding hydrogens is 277 g/mol. The number of alkyl halides is 3. The van der Waals surface area contributed by atoms with E-state index in [-0.39, 0.29) is 5.54 Å². The molecule has 0 amide bonds. The van der Waals surface area contributed by atoms with Crippen molar-refractivity contribution in [3.8, 4) is 0 Å². The zero-order valence-corrected chi connectivity index (χ0v) is 12.6. The number of benzene rings is 1. The molecule has 0 aromatic heterocycles. The molecular formula is C16H21F3N2. The molecule has 0 radical (unpaired) electrons. The lowest BCUT2D eigenvalue weighted by Gasteiger charge is -2.42.